The summed E-state index contributed by atoms with van der Waals surface area (Å²) in [5.41, 5.74) is -0.279. The lowest BCUT2D eigenvalue weighted by Crippen LogP contribution is -2.61. The van der Waals surface area contributed by atoms with Gasteiger partial charge in [-0.05, 0) is 72.9 Å². The first kappa shape index (κ1) is 18.7. The average Bonchev–Trinajstić information content (AvgIpc) is 2.67. The molecule has 2 aliphatic rings. The summed E-state index contributed by atoms with van der Waals surface area (Å²) in [4.78, 5) is 25.6. The number of nitrogens with one attached hydrogen (secondary N) is 2. The fourth-order valence-electron chi connectivity index (χ4n) is 2.96. The van der Waals surface area contributed by atoms with Gasteiger partial charge in [0.05, 0.1) is 0 Å². The van der Waals surface area contributed by atoms with Gasteiger partial charge in [-0.25, -0.2) is 0 Å². The van der Waals surface area contributed by atoms with Crippen LogP contribution in [-0.2, 0) is 14.3 Å². The molecule has 28 heavy (non-hydrogen) atoms. The second-order valence-electron chi connectivity index (χ2n) is 6.24. The van der Waals surface area contributed by atoms with Crippen molar-refractivity contribution in [3.05, 3.63) is 81.9 Å². The number of hydrogen-bond acceptors (Lipinski definition) is 4. The van der Waals surface area contributed by atoms with Gasteiger partial charge in [0.2, 0.25) is 11.8 Å². The fraction of sp³-hybridized carbons (Fsp3) is 0.0500. The number of rotatable bonds is 2. The first-order valence-corrected chi connectivity index (χ1v) is 9.36. The molecule has 1 fully saturated rings. The highest BCUT2D eigenvalue weighted by Gasteiger charge is 2.49. The van der Waals surface area contributed by atoms with Crippen molar-refractivity contribution < 1.29 is 14.3 Å². The van der Waals surface area contributed by atoms with Gasteiger partial charge in [0.1, 0.15) is 11.5 Å². The van der Waals surface area contributed by atoms with Crippen LogP contribution in [0.25, 0.3) is 11.5 Å². The Morgan fingerprint density at radius 1 is 0.750 bits per heavy atom. The van der Waals surface area contributed by atoms with Crippen LogP contribution >= 0.6 is 35.4 Å². The first-order chi connectivity index (χ1) is 13.4. The Balaban J connectivity index is 1.87. The molecule has 2 N–H and O–H groups in total. The minimum atomic E-state index is -1.61. The van der Waals surface area contributed by atoms with E-state index < -0.39 is 17.2 Å². The number of carbonyl (C=O) groups is 2. The zero-order valence-electron chi connectivity index (χ0n) is 14.2. The number of ether oxygens (including phenoxy) is 1. The quantitative estimate of drug-likeness (QED) is 0.559. The summed E-state index contributed by atoms with van der Waals surface area (Å²) in [6.45, 7) is 0. The first-order valence-electron chi connectivity index (χ1n) is 8.20. The van der Waals surface area contributed by atoms with E-state index in [1.54, 1.807) is 48.5 Å². The Morgan fingerprint density at radius 3 is 1.54 bits per heavy atom. The molecular formula is C20H12Cl2N2O3S. The van der Waals surface area contributed by atoms with Crippen LogP contribution < -0.4 is 10.6 Å². The minimum absolute atomic E-state index is 0.0324. The van der Waals surface area contributed by atoms with Crippen LogP contribution in [0, 0.1) is 5.41 Å². The summed E-state index contributed by atoms with van der Waals surface area (Å²) in [6.07, 6.45) is 2.95. The molecule has 8 heteroatoms. The molecule has 0 atom stereocenters. The summed E-state index contributed by atoms with van der Waals surface area (Å²) >= 11 is 16.9. The fourth-order valence-corrected chi connectivity index (χ4v) is 3.39. The van der Waals surface area contributed by atoms with Gasteiger partial charge >= 0.3 is 0 Å². The molecule has 0 unspecified atom stereocenters. The molecule has 5 nitrogen and oxygen atoms in total. The molecule has 140 valence electrons. The molecule has 1 spiro atoms. The highest BCUT2D eigenvalue weighted by molar-refractivity contribution is 7.80. The molecule has 1 saturated heterocycles. The molecule has 2 aliphatic heterocycles. The maximum atomic E-state index is 12.8. The van der Waals surface area contributed by atoms with Gasteiger partial charge in [-0.15, -0.1) is 0 Å². The van der Waals surface area contributed by atoms with Crippen molar-refractivity contribution in [2.45, 2.75) is 0 Å². The van der Waals surface area contributed by atoms with Crippen molar-refractivity contribution in [3.8, 4) is 0 Å². The van der Waals surface area contributed by atoms with E-state index >= 15 is 0 Å². The van der Waals surface area contributed by atoms with E-state index in [1.807, 2.05) is 0 Å². The molecule has 0 aliphatic carbocycles. The van der Waals surface area contributed by atoms with E-state index in [4.69, 9.17) is 40.2 Å². The van der Waals surface area contributed by atoms with Crippen LogP contribution in [0.4, 0.5) is 0 Å². The topological polar surface area (TPSA) is 67.4 Å². The lowest BCUT2D eigenvalue weighted by Gasteiger charge is -2.34. The summed E-state index contributed by atoms with van der Waals surface area (Å²) in [5.74, 6) is -0.408. The Labute approximate surface area is 176 Å². The summed E-state index contributed by atoms with van der Waals surface area (Å²) in [5, 5.41) is 6.09. The van der Waals surface area contributed by atoms with Crippen molar-refractivity contribution in [2.75, 3.05) is 0 Å². The third kappa shape index (κ3) is 3.30. The standard InChI is InChI=1S/C20H12Cl2N2O3S/c21-13-5-1-11(2-6-13)15-9-20(17(25)23-19(28)24-18(20)26)10-16(27-15)12-3-7-14(22)8-4-12/h1-10H,(H2,23,24,25,26,28). The SMILES string of the molecule is O=C1NC(=S)NC(=O)C12C=C(c1ccc(Cl)cc1)OC(c1ccc(Cl)cc1)=C2. The monoisotopic (exact) mass is 430 g/mol. The smallest absolute Gasteiger partial charge is 0.249 e. The van der Waals surface area contributed by atoms with Crippen LogP contribution in [0.1, 0.15) is 11.1 Å². The minimum Gasteiger partial charge on any atom is -0.457 e. The van der Waals surface area contributed by atoms with Crippen molar-refractivity contribution in [2.24, 2.45) is 5.41 Å². The number of amides is 2. The summed E-state index contributed by atoms with van der Waals surface area (Å²) < 4.78 is 6.03. The lowest BCUT2D eigenvalue weighted by molar-refractivity contribution is -0.137. The molecule has 4 rings (SSSR count). The van der Waals surface area contributed by atoms with Gasteiger partial charge in [-0.1, -0.05) is 23.2 Å². The van der Waals surface area contributed by atoms with Crippen LogP contribution in [-0.4, -0.2) is 16.9 Å². The van der Waals surface area contributed by atoms with Gasteiger partial charge in [0, 0.05) is 21.2 Å². The molecule has 2 aromatic carbocycles. The average molecular weight is 431 g/mol. The molecule has 2 aromatic rings. The Kier molecular flexibility index (Phi) is 4.71. The Bertz CT molecular complexity index is 976. The van der Waals surface area contributed by atoms with Gasteiger partial charge in [0.15, 0.2) is 10.5 Å². The van der Waals surface area contributed by atoms with Crippen molar-refractivity contribution in [1.29, 1.82) is 0 Å². The highest BCUT2D eigenvalue weighted by Crippen LogP contribution is 2.40. The normalized spacial score (nSPS) is 18.0. The molecule has 0 saturated carbocycles. The van der Waals surface area contributed by atoms with E-state index in [2.05, 4.69) is 10.6 Å². The zero-order valence-corrected chi connectivity index (χ0v) is 16.5. The molecular weight excluding hydrogens is 419 g/mol. The molecule has 2 amide bonds. The van der Waals surface area contributed by atoms with E-state index in [0.29, 0.717) is 32.7 Å². The number of thiocarbonyl (C=S) groups is 1. The molecule has 2 heterocycles. The molecule has 0 bridgehead atoms. The van der Waals surface area contributed by atoms with Crippen LogP contribution in [0.3, 0.4) is 0 Å². The van der Waals surface area contributed by atoms with E-state index in [-0.39, 0.29) is 5.11 Å². The van der Waals surface area contributed by atoms with Gasteiger partial charge < -0.3 is 15.4 Å². The largest absolute Gasteiger partial charge is 0.457 e. The summed E-state index contributed by atoms with van der Waals surface area (Å²) in [7, 11) is 0. The summed E-state index contributed by atoms with van der Waals surface area (Å²) in [6, 6.07) is 13.8. The van der Waals surface area contributed by atoms with Gasteiger partial charge in [-0.3, -0.25) is 9.59 Å². The number of carbonyl (C=O) groups excluding carboxylic acids is 2. The Hall–Kier alpha value is -2.67. The van der Waals surface area contributed by atoms with Crippen LogP contribution in [0.15, 0.2) is 60.7 Å². The van der Waals surface area contributed by atoms with Crippen molar-refractivity contribution in [3.63, 3.8) is 0 Å². The zero-order chi connectivity index (χ0) is 19.9. The van der Waals surface area contributed by atoms with Crippen molar-refractivity contribution in [1.82, 2.24) is 10.6 Å². The number of hydrogen-bond donors (Lipinski definition) is 2. The second kappa shape index (κ2) is 7.05. The molecule has 0 aromatic heterocycles. The van der Waals surface area contributed by atoms with Crippen LogP contribution in [0.5, 0.6) is 0 Å². The van der Waals surface area contributed by atoms with E-state index in [0.717, 1.165) is 0 Å². The highest BCUT2D eigenvalue weighted by atomic mass is 35.5. The van der Waals surface area contributed by atoms with Crippen LogP contribution in [0.2, 0.25) is 10.0 Å². The third-order valence-electron chi connectivity index (χ3n) is 4.40. The van der Waals surface area contributed by atoms with E-state index in [1.165, 1.54) is 12.2 Å². The second-order valence-corrected chi connectivity index (χ2v) is 7.52. The molecule has 0 radical (unpaired) electrons. The maximum absolute atomic E-state index is 12.8. The Morgan fingerprint density at radius 2 is 1.14 bits per heavy atom. The van der Waals surface area contributed by atoms with Crippen molar-refractivity contribution >= 4 is 63.9 Å². The predicted octanol–water partition coefficient (Wildman–Crippen LogP) is 3.92. The predicted molar refractivity (Wildman–Crippen MR) is 111 cm³/mol. The number of benzene rings is 2. The van der Waals surface area contributed by atoms with Gasteiger partial charge in [-0.2, -0.15) is 0 Å². The maximum Gasteiger partial charge on any atom is 0.249 e. The van der Waals surface area contributed by atoms with Gasteiger partial charge in [0.25, 0.3) is 0 Å². The van der Waals surface area contributed by atoms with E-state index in [9.17, 15) is 9.59 Å². The lowest BCUT2D eigenvalue weighted by atomic mass is 9.80. The number of halogens is 2. The third-order valence-corrected chi connectivity index (χ3v) is 5.11.